The molecule has 0 amide bonds. The van der Waals surface area contributed by atoms with Gasteiger partial charge in [-0.3, -0.25) is 0 Å². The molecule has 0 unspecified atom stereocenters. The van der Waals surface area contributed by atoms with E-state index >= 15 is 0 Å². The molecule has 6 heteroatoms. The number of halogens is 1. The molecule has 0 spiro atoms. The van der Waals surface area contributed by atoms with E-state index in [1.807, 2.05) is 6.92 Å². The summed E-state index contributed by atoms with van der Waals surface area (Å²) in [4.78, 5) is 14.5. The van der Waals surface area contributed by atoms with Crippen LogP contribution in [0.25, 0.3) is 0 Å². The lowest BCUT2D eigenvalue weighted by Crippen LogP contribution is -2.09. The highest BCUT2D eigenvalue weighted by molar-refractivity contribution is 6.33. The second-order valence-electron chi connectivity index (χ2n) is 2.83. The zero-order valence-electron chi connectivity index (χ0n) is 8.77. The van der Waals surface area contributed by atoms with Crippen LogP contribution in [-0.4, -0.2) is 35.9 Å². The smallest absolute Gasteiger partial charge is 0.356 e. The fraction of sp³-hybridized carbons (Fsp3) is 0.400. The van der Waals surface area contributed by atoms with Gasteiger partial charge >= 0.3 is 5.97 Å². The Kier molecular flexibility index (Phi) is 5.01. The molecule has 1 rings (SSSR count). The van der Waals surface area contributed by atoms with E-state index in [4.69, 9.17) is 26.2 Å². The molecule has 0 fully saturated rings. The van der Waals surface area contributed by atoms with Gasteiger partial charge in [0.15, 0.2) is 5.69 Å². The van der Waals surface area contributed by atoms with Crippen molar-refractivity contribution in [2.45, 2.75) is 6.92 Å². The molecule has 88 valence electrons. The number of carboxylic acid groups (broad SMARTS) is 1. The number of carbonyl (C=O) groups is 1. The Labute approximate surface area is 98.0 Å². The van der Waals surface area contributed by atoms with Gasteiger partial charge in [-0.25, -0.2) is 9.78 Å². The highest BCUT2D eigenvalue weighted by atomic mass is 35.5. The van der Waals surface area contributed by atoms with Crippen LogP contribution in [0.4, 0.5) is 0 Å². The molecule has 0 atom stereocenters. The van der Waals surface area contributed by atoms with Gasteiger partial charge in [0.25, 0.3) is 0 Å². The molecule has 0 saturated carbocycles. The molecule has 1 aromatic heterocycles. The van der Waals surface area contributed by atoms with E-state index in [1.165, 1.54) is 12.1 Å². The molecule has 1 aromatic rings. The van der Waals surface area contributed by atoms with Crippen LogP contribution in [0.3, 0.4) is 0 Å². The summed E-state index contributed by atoms with van der Waals surface area (Å²) >= 11 is 5.65. The highest BCUT2D eigenvalue weighted by Gasteiger charge is 2.11. The largest absolute Gasteiger partial charge is 0.476 e. The Bertz CT molecular complexity index is 370. The molecule has 0 aliphatic carbocycles. The average molecular weight is 246 g/mol. The van der Waals surface area contributed by atoms with Crippen LogP contribution >= 0.6 is 11.6 Å². The number of ether oxygens (including phenoxy) is 2. The van der Waals surface area contributed by atoms with Crippen molar-refractivity contribution in [3.63, 3.8) is 0 Å². The van der Waals surface area contributed by atoms with Gasteiger partial charge in [0.1, 0.15) is 6.61 Å². The number of carboxylic acids is 1. The maximum Gasteiger partial charge on any atom is 0.356 e. The van der Waals surface area contributed by atoms with Crippen molar-refractivity contribution in [2.24, 2.45) is 0 Å². The minimum Gasteiger partial charge on any atom is -0.476 e. The summed E-state index contributed by atoms with van der Waals surface area (Å²) in [5, 5.41) is 8.86. The maximum atomic E-state index is 10.7. The fourth-order valence-electron chi connectivity index (χ4n) is 1.00. The fourth-order valence-corrected chi connectivity index (χ4v) is 1.19. The lowest BCUT2D eigenvalue weighted by molar-refractivity contribution is 0.0688. The summed E-state index contributed by atoms with van der Waals surface area (Å²) in [6.45, 7) is 3.24. The third-order valence-corrected chi connectivity index (χ3v) is 2.01. The molecule has 0 radical (unpaired) electrons. The Hall–Kier alpha value is -1.33. The topological polar surface area (TPSA) is 68.7 Å². The number of pyridine rings is 1. The second kappa shape index (κ2) is 6.30. The first-order valence-corrected chi connectivity index (χ1v) is 5.13. The number of rotatable bonds is 6. The molecule has 0 bridgehead atoms. The van der Waals surface area contributed by atoms with Gasteiger partial charge in [0.05, 0.1) is 11.6 Å². The Morgan fingerprint density at radius 3 is 2.88 bits per heavy atom. The van der Waals surface area contributed by atoms with Crippen LogP contribution < -0.4 is 4.74 Å². The Morgan fingerprint density at radius 1 is 1.50 bits per heavy atom. The van der Waals surface area contributed by atoms with Crippen LogP contribution in [0.1, 0.15) is 17.4 Å². The van der Waals surface area contributed by atoms with E-state index in [-0.39, 0.29) is 16.6 Å². The van der Waals surface area contributed by atoms with Crippen LogP contribution in [0, 0.1) is 0 Å². The molecule has 16 heavy (non-hydrogen) atoms. The van der Waals surface area contributed by atoms with E-state index in [0.717, 1.165) is 0 Å². The predicted molar refractivity (Wildman–Crippen MR) is 58.2 cm³/mol. The molecule has 1 N–H and O–H groups in total. The summed E-state index contributed by atoms with van der Waals surface area (Å²) in [7, 11) is 0. The molecular weight excluding hydrogens is 234 g/mol. The van der Waals surface area contributed by atoms with E-state index in [1.54, 1.807) is 0 Å². The predicted octanol–water partition coefficient (Wildman–Crippen LogP) is 1.85. The zero-order valence-corrected chi connectivity index (χ0v) is 9.53. The van der Waals surface area contributed by atoms with Gasteiger partial charge in [-0.1, -0.05) is 11.6 Å². The highest BCUT2D eigenvalue weighted by Crippen LogP contribution is 2.17. The van der Waals surface area contributed by atoms with Gasteiger partial charge in [-0.15, -0.1) is 0 Å². The first-order valence-electron chi connectivity index (χ1n) is 4.75. The molecule has 5 nitrogen and oxygen atoms in total. The first-order chi connectivity index (χ1) is 7.65. The summed E-state index contributed by atoms with van der Waals surface area (Å²) in [6, 6.07) is 2.95. The number of hydrogen-bond donors (Lipinski definition) is 1. The molecular formula is C10H12ClNO4. The summed E-state index contributed by atoms with van der Waals surface area (Å²) in [6.07, 6.45) is 0. The second-order valence-corrected chi connectivity index (χ2v) is 3.24. The van der Waals surface area contributed by atoms with Crippen molar-refractivity contribution in [1.29, 1.82) is 0 Å². The van der Waals surface area contributed by atoms with Crippen LogP contribution in [0.5, 0.6) is 5.88 Å². The standard InChI is InChI=1S/C10H12ClNO4/c1-2-15-5-6-16-8-4-3-7(11)9(12-8)10(13)14/h3-4H,2,5-6H2,1H3,(H,13,14). The maximum absolute atomic E-state index is 10.7. The van der Waals surface area contributed by atoms with Gasteiger partial charge in [0, 0.05) is 12.7 Å². The number of aromatic carboxylic acids is 1. The lowest BCUT2D eigenvalue weighted by atomic mass is 10.3. The van der Waals surface area contributed by atoms with Crippen LogP contribution in [0.15, 0.2) is 12.1 Å². The molecule has 1 heterocycles. The number of aromatic nitrogens is 1. The number of hydrogen-bond acceptors (Lipinski definition) is 4. The van der Waals surface area contributed by atoms with Gasteiger partial charge in [-0.2, -0.15) is 0 Å². The monoisotopic (exact) mass is 245 g/mol. The van der Waals surface area contributed by atoms with E-state index < -0.39 is 5.97 Å². The van der Waals surface area contributed by atoms with Crippen LogP contribution in [-0.2, 0) is 4.74 Å². The Morgan fingerprint density at radius 2 is 2.25 bits per heavy atom. The van der Waals surface area contributed by atoms with Gasteiger partial charge < -0.3 is 14.6 Å². The Balaban J connectivity index is 2.61. The molecule has 0 aliphatic heterocycles. The van der Waals surface area contributed by atoms with Crippen molar-refractivity contribution in [1.82, 2.24) is 4.98 Å². The van der Waals surface area contributed by atoms with Gasteiger partial charge in [0.2, 0.25) is 5.88 Å². The summed E-state index contributed by atoms with van der Waals surface area (Å²) in [5.74, 6) is -0.957. The quantitative estimate of drug-likeness (QED) is 0.775. The SMILES string of the molecule is CCOCCOc1ccc(Cl)c(C(=O)O)n1. The van der Waals surface area contributed by atoms with Gasteiger partial charge in [-0.05, 0) is 13.0 Å². The van der Waals surface area contributed by atoms with Crippen molar-refractivity contribution in [3.8, 4) is 5.88 Å². The normalized spacial score (nSPS) is 10.1. The van der Waals surface area contributed by atoms with Crippen molar-refractivity contribution in [3.05, 3.63) is 22.8 Å². The van der Waals surface area contributed by atoms with E-state index in [0.29, 0.717) is 19.8 Å². The van der Waals surface area contributed by atoms with E-state index in [2.05, 4.69) is 4.98 Å². The third-order valence-electron chi connectivity index (χ3n) is 1.70. The summed E-state index contributed by atoms with van der Waals surface area (Å²) in [5.41, 5.74) is -0.212. The zero-order chi connectivity index (χ0) is 12.0. The van der Waals surface area contributed by atoms with E-state index in [9.17, 15) is 4.79 Å². The average Bonchev–Trinajstić information content (AvgIpc) is 2.26. The minimum absolute atomic E-state index is 0.0876. The van der Waals surface area contributed by atoms with Crippen molar-refractivity contribution in [2.75, 3.05) is 19.8 Å². The molecule has 0 aliphatic rings. The first kappa shape index (κ1) is 12.7. The lowest BCUT2D eigenvalue weighted by Gasteiger charge is -2.06. The van der Waals surface area contributed by atoms with Crippen molar-refractivity contribution < 1.29 is 19.4 Å². The minimum atomic E-state index is -1.18. The third kappa shape index (κ3) is 3.67. The van der Waals surface area contributed by atoms with Crippen LogP contribution in [0.2, 0.25) is 5.02 Å². The number of nitrogens with zero attached hydrogens (tertiary/aromatic N) is 1. The summed E-state index contributed by atoms with van der Waals surface area (Å²) < 4.78 is 10.3. The van der Waals surface area contributed by atoms with Crippen molar-refractivity contribution >= 4 is 17.6 Å². The molecule has 0 saturated heterocycles. The molecule has 0 aromatic carbocycles.